The molecule has 2 aromatic rings. The van der Waals surface area contributed by atoms with E-state index in [0.29, 0.717) is 5.88 Å². The molecule has 1 aliphatic heterocycles. The Bertz CT molecular complexity index is 578. The fourth-order valence-electron chi connectivity index (χ4n) is 2.30. The lowest BCUT2D eigenvalue weighted by Crippen LogP contribution is -2.27. The second-order valence-corrected chi connectivity index (χ2v) is 4.54. The predicted octanol–water partition coefficient (Wildman–Crippen LogP) is 1.60. The van der Waals surface area contributed by atoms with Crippen molar-refractivity contribution < 1.29 is 4.74 Å². The average molecular weight is 281 g/mol. The molecule has 0 spiro atoms. The van der Waals surface area contributed by atoms with Gasteiger partial charge in [-0.3, -0.25) is 0 Å². The van der Waals surface area contributed by atoms with E-state index < -0.39 is 0 Å². The van der Waals surface area contributed by atoms with Crippen molar-refractivity contribution in [2.75, 3.05) is 25.1 Å². The summed E-state index contributed by atoms with van der Waals surface area (Å²) in [5.74, 6) is 1.37. The van der Waals surface area contributed by atoms with Gasteiger partial charge in [0, 0.05) is 19.1 Å². The predicted molar refractivity (Wildman–Crippen MR) is 78.1 cm³/mol. The standard InChI is InChI=1S/C13H16N4O.ClH/c1-18-13-12(17-7-6-9(14)8-17)15-10-4-2-3-5-11(10)16-13;/h2-5,9H,6-8,14H2,1H3;1H/t9-;/m0./s1. The molecule has 0 amide bonds. The molecule has 2 N–H and O–H groups in total. The number of hydrogen-bond donors (Lipinski definition) is 1. The molecule has 1 fully saturated rings. The Morgan fingerprint density at radius 2 is 1.95 bits per heavy atom. The molecular weight excluding hydrogens is 264 g/mol. The molecule has 0 radical (unpaired) electrons. The van der Waals surface area contributed by atoms with Crippen molar-refractivity contribution in [3.8, 4) is 5.88 Å². The zero-order valence-corrected chi connectivity index (χ0v) is 11.6. The molecule has 1 aromatic carbocycles. The molecule has 0 unspecified atom stereocenters. The van der Waals surface area contributed by atoms with Crippen molar-refractivity contribution in [3.63, 3.8) is 0 Å². The second kappa shape index (κ2) is 5.59. The Kier molecular flexibility index (Phi) is 4.07. The van der Waals surface area contributed by atoms with Crippen LogP contribution in [0.3, 0.4) is 0 Å². The summed E-state index contributed by atoms with van der Waals surface area (Å²) in [7, 11) is 1.62. The summed E-state index contributed by atoms with van der Waals surface area (Å²) >= 11 is 0. The average Bonchev–Trinajstić information content (AvgIpc) is 2.83. The van der Waals surface area contributed by atoms with Crippen LogP contribution in [0.2, 0.25) is 0 Å². The summed E-state index contributed by atoms with van der Waals surface area (Å²) in [4.78, 5) is 11.3. The van der Waals surface area contributed by atoms with Gasteiger partial charge in [0.1, 0.15) is 0 Å². The Morgan fingerprint density at radius 3 is 2.53 bits per heavy atom. The molecule has 5 nitrogen and oxygen atoms in total. The smallest absolute Gasteiger partial charge is 0.257 e. The van der Waals surface area contributed by atoms with Crippen LogP contribution in [-0.4, -0.2) is 36.2 Å². The number of fused-ring (bicyclic) bond motifs is 1. The Labute approximate surface area is 118 Å². The quantitative estimate of drug-likeness (QED) is 0.905. The number of nitrogens with zero attached hydrogens (tertiary/aromatic N) is 3. The number of rotatable bonds is 2. The minimum Gasteiger partial charge on any atom is -0.478 e. The first-order valence-electron chi connectivity index (χ1n) is 6.09. The van der Waals surface area contributed by atoms with Crippen molar-refractivity contribution >= 4 is 29.3 Å². The van der Waals surface area contributed by atoms with Gasteiger partial charge < -0.3 is 15.4 Å². The summed E-state index contributed by atoms with van der Waals surface area (Å²) in [6, 6.07) is 8.01. The van der Waals surface area contributed by atoms with Crippen molar-refractivity contribution in [3.05, 3.63) is 24.3 Å². The fraction of sp³-hybridized carbons (Fsp3) is 0.385. The lowest BCUT2D eigenvalue weighted by atomic mass is 10.3. The topological polar surface area (TPSA) is 64.3 Å². The molecule has 0 saturated carbocycles. The Hall–Kier alpha value is -1.59. The number of hydrogen-bond acceptors (Lipinski definition) is 5. The number of halogens is 1. The largest absolute Gasteiger partial charge is 0.478 e. The maximum Gasteiger partial charge on any atom is 0.257 e. The van der Waals surface area contributed by atoms with E-state index in [4.69, 9.17) is 10.5 Å². The van der Waals surface area contributed by atoms with Gasteiger partial charge in [0.25, 0.3) is 5.88 Å². The molecule has 0 aliphatic carbocycles. The van der Waals surface area contributed by atoms with E-state index in [-0.39, 0.29) is 18.4 Å². The highest BCUT2D eigenvalue weighted by atomic mass is 35.5. The number of methoxy groups -OCH3 is 1. The third-order valence-corrected chi connectivity index (χ3v) is 3.24. The van der Waals surface area contributed by atoms with Crippen molar-refractivity contribution in [2.45, 2.75) is 12.5 Å². The zero-order valence-electron chi connectivity index (χ0n) is 10.7. The molecule has 3 rings (SSSR count). The van der Waals surface area contributed by atoms with E-state index in [1.807, 2.05) is 24.3 Å². The summed E-state index contributed by atoms with van der Waals surface area (Å²) in [6.45, 7) is 1.72. The van der Waals surface area contributed by atoms with E-state index in [2.05, 4.69) is 14.9 Å². The van der Waals surface area contributed by atoms with Gasteiger partial charge in [-0.05, 0) is 18.6 Å². The first-order chi connectivity index (χ1) is 8.78. The monoisotopic (exact) mass is 280 g/mol. The van der Waals surface area contributed by atoms with Crippen molar-refractivity contribution in [2.24, 2.45) is 5.73 Å². The van der Waals surface area contributed by atoms with Gasteiger partial charge in [0.05, 0.1) is 18.1 Å². The van der Waals surface area contributed by atoms with Crippen LogP contribution in [0, 0.1) is 0 Å². The molecule has 6 heteroatoms. The lowest BCUT2D eigenvalue weighted by molar-refractivity contribution is 0.398. The fourth-order valence-corrected chi connectivity index (χ4v) is 2.30. The number of aromatic nitrogens is 2. The molecule has 2 heterocycles. The van der Waals surface area contributed by atoms with Crippen LogP contribution in [0.1, 0.15) is 6.42 Å². The van der Waals surface area contributed by atoms with Crippen LogP contribution < -0.4 is 15.4 Å². The van der Waals surface area contributed by atoms with E-state index >= 15 is 0 Å². The van der Waals surface area contributed by atoms with Gasteiger partial charge >= 0.3 is 0 Å². The van der Waals surface area contributed by atoms with Gasteiger partial charge in [-0.25, -0.2) is 9.97 Å². The highest BCUT2D eigenvalue weighted by Gasteiger charge is 2.24. The first kappa shape index (κ1) is 13.8. The minimum absolute atomic E-state index is 0. The highest BCUT2D eigenvalue weighted by molar-refractivity contribution is 5.85. The zero-order chi connectivity index (χ0) is 12.5. The SMILES string of the molecule is COc1nc2ccccc2nc1N1CC[C@H](N)C1.Cl. The Balaban J connectivity index is 0.00000133. The van der Waals surface area contributed by atoms with E-state index in [0.717, 1.165) is 36.4 Å². The Morgan fingerprint density at radius 1 is 1.26 bits per heavy atom. The molecular formula is C13H17ClN4O. The number of para-hydroxylation sites is 2. The van der Waals surface area contributed by atoms with Gasteiger partial charge in [-0.2, -0.15) is 0 Å². The summed E-state index contributed by atoms with van der Waals surface area (Å²) in [5.41, 5.74) is 7.67. The molecule has 1 saturated heterocycles. The van der Waals surface area contributed by atoms with Gasteiger partial charge in [0.2, 0.25) is 0 Å². The normalized spacial score (nSPS) is 18.4. The summed E-state index contributed by atoms with van der Waals surface area (Å²) in [5, 5.41) is 0. The van der Waals surface area contributed by atoms with Crippen LogP contribution in [-0.2, 0) is 0 Å². The van der Waals surface area contributed by atoms with E-state index in [1.165, 1.54) is 0 Å². The van der Waals surface area contributed by atoms with E-state index in [9.17, 15) is 0 Å². The minimum atomic E-state index is 0. The number of ether oxygens (including phenoxy) is 1. The molecule has 102 valence electrons. The maximum absolute atomic E-state index is 5.94. The molecule has 1 aliphatic rings. The molecule has 0 bridgehead atoms. The van der Waals surface area contributed by atoms with Crippen LogP contribution >= 0.6 is 12.4 Å². The van der Waals surface area contributed by atoms with Crippen molar-refractivity contribution in [1.82, 2.24) is 9.97 Å². The van der Waals surface area contributed by atoms with Crippen LogP contribution in [0.5, 0.6) is 5.88 Å². The maximum atomic E-state index is 5.94. The molecule has 1 atom stereocenters. The summed E-state index contributed by atoms with van der Waals surface area (Å²) < 4.78 is 5.34. The lowest BCUT2D eigenvalue weighted by Gasteiger charge is -2.19. The molecule has 19 heavy (non-hydrogen) atoms. The van der Waals surface area contributed by atoms with Gasteiger partial charge in [-0.15, -0.1) is 12.4 Å². The van der Waals surface area contributed by atoms with Gasteiger partial charge in [-0.1, -0.05) is 12.1 Å². The van der Waals surface area contributed by atoms with E-state index in [1.54, 1.807) is 7.11 Å². The third kappa shape index (κ3) is 2.57. The summed E-state index contributed by atoms with van der Waals surface area (Å²) in [6.07, 6.45) is 0.984. The molecule has 1 aromatic heterocycles. The highest BCUT2D eigenvalue weighted by Crippen LogP contribution is 2.28. The number of benzene rings is 1. The van der Waals surface area contributed by atoms with Gasteiger partial charge in [0.15, 0.2) is 5.82 Å². The van der Waals surface area contributed by atoms with Crippen molar-refractivity contribution in [1.29, 1.82) is 0 Å². The first-order valence-corrected chi connectivity index (χ1v) is 6.09. The van der Waals surface area contributed by atoms with Crippen LogP contribution in [0.15, 0.2) is 24.3 Å². The van der Waals surface area contributed by atoms with Crippen LogP contribution in [0.25, 0.3) is 11.0 Å². The number of nitrogens with two attached hydrogens (primary N) is 1. The second-order valence-electron chi connectivity index (χ2n) is 4.54. The number of anilines is 1. The third-order valence-electron chi connectivity index (χ3n) is 3.24. The van der Waals surface area contributed by atoms with Crippen LogP contribution in [0.4, 0.5) is 5.82 Å².